The number of methoxy groups -OCH3 is 1. The SMILES string of the molecule is COc1ccc(-c2nn(CCNS(=O)(=O)c3ccc(Cl)cc3)c(=O)n2C)cc1. The van der Waals surface area contributed by atoms with Crippen LogP contribution in [0.4, 0.5) is 0 Å². The Balaban J connectivity index is 1.73. The standard InChI is InChI=1S/C18H19ClN4O4S/c1-22-17(13-3-7-15(27-2)8-4-13)21-23(18(22)24)12-11-20-28(25,26)16-9-5-14(19)6-10-16/h3-10,20H,11-12H2,1-2H3. The summed E-state index contributed by atoms with van der Waals surface area (Å²) >= 11 is 5.78. The van der Waals surface area contributed by atoms with Crippen molar-refractivity contribution >= 4 is 21.6 Å². The number of benzene rings is 2. The Morgan fingerprint density at radius 2 is 1.75 bits per heavy atom. The molecule has 0 atom stereocenters. The van der Waals surface area contributed by atoms with E-state index in [4.69, 9.17) is 16.3 Å². The van der Waals surface area contributed by atoms with Crippen LogP contribution < -0.4 is 15.1 Å². The van der Waals surface area contributed by atoms with E-state index < -0.39 is 10.0 Å². The predicted octanol–water partition coefficient (Wildman–Crippen LogP) is 1.89. The van der Waals surface area contributed by atoms with Gasteiger partial charge in [-0.15, -0.1) is 5.10 Å². The van der Waals surface area contributed by atoms with Gasteiger partial charge in [0.15, 0.2) is 5.82 Å². The Bertz CT molecular complexity index is 1120. The maximum Gasteiger partial charge on any atom is 0.345 e. The van der Waals surface area contributed by atoms with Crippen LogP contribution in [0.15, 0.2) is 58.2 Å². The van der Waals surface area contributed by atoms with Crippen LogP contribution in [-0.4, -0.2) is 36.4 Å². The van der Waals surface area contributed by atoms with Gasteiger partial charge in [-0.2, -0.15) is 0 Å². The van der Waals surface area contributed by atoms with Crippen molar-refractivity contribution in [3.63, 3.8) is 0 Å². The molecule has 1 aromatic heterocycles. The van der Waals surface area contributed by atoms with Gasteiger partial charge in [0.05, 0.1) is 18.6 Å². The minimum absolute atomic E-state index is 0.0178. The van der Waals surface area contributed by atoms with Gasteiger partial charge in [0.1, 0.15) is 5.75 Å². The number of nitrogens with zero attached hydrogens (tertiary/aromatic N) is 3. The normalized spacial score (nSPS) is 11.5. The first-order valence-electron chi connectivity index (χ1n) is 8.35. The minimum atomic E-state index is -3.70. The summed E-state index contributed by atoms with van der Waals surface area (Å²) in [6, 6.07) is 13.0. The number of rotatable bonds is 7. The summed E-state index contributed by atoms with van der Waals surface area (Å²) in [5, 5.41) is 4.76. The molecule has 2 aromatic carbocycles. The summed E-state index contributed by atoms with van der Waals surface area (Å²) < 4.78 is 34.8. The van der Waals surface area contributed by atoms with Crippen LogP contribution in [0.2, 0.25) is 5.02 Å². The molecule has 0 fully saturated rings. The van der Waals surface area contributed by atoms with Gasteiger partial charge in [0, 0.05) is 24.2 Å². The molecule has 0 saturated heterocycles. The van der Waals surface area contributed by atoms with Crippen molar-refractivity contribution in [2.24, 2.45) is 7.05 Å². The Morgan fingerprint density at radius 1 is 1.11 bits per heavy atom. The summed E-state index contributed by atoms with van der Waals surface area (Å²) in [4.78, 5) is 12.5. The van der Waals surface area contributed by atoms with Crippen molar-refractivity contribution < 1.29 is 13.2 Å². The molecule has 0 amide bonds. The van der Waals surface area contributed by atoms with E-state index in [0.717, 1.165) is 5.56 Å². The molecule has 0 unspecified atom stereocenters. The van der Waals surface area contributed by atoms with Crippen LogP contribution in [0.3, 0.4) is 0 Å². The first kappa shape index (κ1) is 20.1. The Kier molecular flexibility index (Phi) is 5.87. The van der Waals surface area contributed by atoms with E-state index in [2.05, 4.69) is 9.82 Å². The van der Waals surface area contributed by atoms with Gasteiger partial charge in [-0.05, 0) is 48.5 Å². The molecular formula is C18H19ClN4O4S. The lowest BCUT2D eigenvalue weighted by atomic mass is 10.2. The zero-order valence-corrected chi connectivity index (χ0v) is 16.9. The zero-order valence-electron chi connectivity index (χ0n) is 15.3. The maximum absolute atomic E-state index is 12.4. The van der Waals surface area contributed by atoms with Crippen molar-refractivity contribution in [1.29, 1.82) is 0 Å². The molecule has 1 heterocycles. The van der Waals surface area contributed by atoms with Crippen LogP contribution in [0.5, 0.6) is 5.75 Å². The topological polar surface area (TPSA) is 95.2 Å². The monoisotopic (exact) mass is 422 g/mol. The number of aromatic nitrogens is 3. The van der Waals surface area contributed by atoms with Gasteiger partial charge >= 0.3 is 5.69 Å². The van der Waals surface area contributed by atoms with Gasteiger partial charge in [-0.3, -0.25) is 4.57 Å². The lowest BCUT2D eigenvalue weighted by molar-refractivity contribution is 0.415. The molecular weight excluding hydrogens is 404 g/mol. The van der Waals surface area contributed by atoms with E-state index >= 15 is 0 Å². The molecule has 3 aromatic rings. The summed E-state index contributed by atoms with van der Waals surface area (Å²) in [7, 11) is -0.507. The summed E-state index contributed by atoms with van der Waals surface area (Å²) in [6.07, 6.45) is 0. The average Bonchev–Trinajstić information content (AvgIpc) is 2.97. The molecule has 0 radical (unpaired) electrons. The third-order valence-electron chi connectivity index (χ3n) is 4.13. The second kappa shape index (κ2) is 8.17. The lowest BCUT2D eigenvalue weighted by Crippen LogP contribution is -2.31. The molecule has 0 aliphatic heterocycles. The largest absolute Gasteiger partial charge is 0.497 e. The third-order valence-corrected chi connectivity index (χ3v) is 5.86. The fourth-order valence-electron chi connectivity index (χ4n) is 2.61. The second-order valence-electron chi connectivity index (χ2n) is 5.97. The third kappa shape index (κ3) is 4.27. The fraction of sp³-hybridized carbons (Fsp3) is 0.222. The van der Waals surface area contributed by atoms with Crippen molar-refractivity contribution in [3.05, 3.63) is 64.0 Å². The Hall–Kier alpha value is -2.62. The van der Waals surface area contributed by atoms with E-state index in [-0.39, 0.29) is 23.7 Å². The number of sulfonamides is 1. The second-order valence-corrected chi connectivity index (χ2v) is 8.17. The summed E-state index contributed by atoms with van der Waals surface area (Å²) in [6.45, 7) is 0.111. The number of halogens is 1. The van der Waals surface area contributed by atoms with Crippen LogP contribution in [0.1, 0.15) is 0 Å². The van der Waals surface area contributed by atoms with Crippen LogP contribution >= 0.6 is 11.6 Å². The lowest BCUT2D eigenvalue weighted by Gasteiger charge is -2.06. The zero-order chi connectivity index (χ0) is 20.3. The van der Waals surface area contributed by atoms with E-state index in [0.29, 0.717) is 16.6 Å². The molecule has 1 N–H and O–H groups in total. The quantitative estimate of drug-likeness (QED) is 0.627. The number of hydrogen-bond donors (Lipinski definition) is 1. The fourth-order valence-corrected chi connectivity index (χ4v) is 3.76. The van der Waals surface area contributed by atoms with Crippen molar-refractivity contribution in [2.45, 2.75) is 11.4 Å². The van der Waals surface area contributed by atoms with E-state index in [1.54, 1.807) is 38.4 Å². The average molecular weight is 423 g/mol. The van der Waals surface area contributed by atoms with Gasteiger partial charge in [0.2, 0.25) is 10.0 Å². The predicted molar refractivity (Wildman–Crippen MR) is 106 cm³/mol. The highest BCUT2D eigenvalue weighted by Gasteiger charge is 2.15. The highest BCUT2D eigenvalue weighted by molar-refractivity contribution is 7.89. The molecule has 3 rings (SSSR count). The minimum Gasteiger partial charge on any atom is -0.497 e. The summed E-state index contributed by atoms with van der Waals surface area (Å²) in [5.74, 6) is 1.18. The van der Waals surface area contributed by atoms with E-state index in [9.17, 15) is 13.2 Å². The molecule has 0 bridgehead atoms. The highest BCUT2D eigenvalue weighted by atomic mass is 35.5. The number of nitrogens with one attached hydrogen (secondary N) is 1. The van der Waals surface area contributed by atoms with E-state index in [1.165, 1.54) is 33.5 Å². The first-order valence-corrected chi connectivity index (χ1v) is 10.2. The van der Waals surface area contributed by atoms with Crippen LogP contribution in [0, 0.1) is 0 Å². The van der Waals surface area contributed by atoms with Crippen molar-refractivity contribution in [2.75, 3.05) is 13.7 Å². The Morgan fingerprint density at radius 3 is 2.36 bits per heavy atom. The van der Waals surface area contributed by atoms with Crippen molar-refractivity contribution in [1.82, 2.24) is 19.1 Å². The van der Waals surface area contributed by atoms with Gasteiger partial charge in [0.25, 0.3) is 0 Å². The number of ether oxygens (including phenoxy) is 1. The van der Waals surface area contributed by atoms with Crippen molar-refractivity contribution in [3.8, 4) is 17.1 Å². The molecule has 0 aliphatic rings. The van der Waals surface area contributed by atoms with Gasteiger partial charge in [-0.1, -0.05) is 11.6 Å². The van der Waals surface area contributed by atoms with Gasteiger partial charge in [-0.25, -0.2) is 22.6 Å². The summed E-state index contributed by atoms with van der Waals surface area (Å²) in [5.41, 5.74) is 0.414. The molecule has 28 heavy (non-hydrogen) atoms. The molecule has 148 valence electrons. The number of hydrogen-bond acceptors (Lipinski definition) is 5. The van der Waals surface area contributed by atoms with Crippen LogP contribution in [-0.2, 0) is 23.6 Å². The molecule has 0 saturated carbocycles. The van der Waals surface area contributed by atoms with Crippen LogP contribution in [0.25, 0.3) is 11.4 Å². The Labute approximate surface area is 167 Å². The molecule has 0 spiro atoms. The smallest absolute Gasteiger partial charge is 0.345 e. The molecule has 0 aliphatic carbocycles. The highest BCUT2D eigenvalue weighted by Crippen LogP contribution is 2.19. The van der Waals surface area contributed by atoms with Gasteiger partial charge < -0.3 is 4.74 Å². The molecule has 10 heteroatoms. The van der Waals surface area contributed by atoms with E-state index in [1.807, 2.05) is 0 Å². The molecule has 8 nitrogen and oxygen atoms in total. The maximum atomic E-state index is 12.4. The first-order chi connectivity index (χ1) is 13.3.